The van der Waals surface area contributed by atoms with Crippen LogP contribution in [0.25, 0.3) is 0 Å². The lowest BCUT2D eigenvalue weighted by Crippen LogP contribution is -2.07. The van der Waals surface area contributed by atoms with Gasteiger partial charge in [-0.15, -0.1) is 0 Å². The maximum absolute atomic E-state index is 12.6. The minimum atomic E-state index is -4.35. The third kappa shape index (κ3) is 3.46. The fourth-order valence-corrected chi connectivity index (χ4v) is 3.16. The largest absolute Gasteiger partial charge is 0.416 e. The molecule has 1 aromatic carbocycles. The van der Waals surface area contributed by atoms with Crippen LogP contribution in [0, 0.1) is 6.92 Å². The van der Waals surface area contributed by atoms with E-state index in [-0.39, 0.29) is 6.54 Å². The number of nitrogens with two attached hydrogens (primary N) is 1. The van der Waals surface area contributed by atoms with Crippen LogP contribution in [0.4, 0.5) is 13.2 Å². The molecule has 19 heavy (non-hydrogen) atoms. The van der Waals surface area contributed by atoms with E-state index in [0.717, 1.165) is 12.1 Å². The Bertz CT molecular complexity index is 581. The first kappa shape index (κ1) is 14.3. The lowest BCUT2D eigenvalue weighted by atomic mass is 10.1. The van der Waals surface area contributed by atoms with E-state index in [1.54, 1.807) is 6.92 Å². The Labute approximate surface area is 116 Å². The zero-order valence-corrected chi connectivity index (χ0v) is 11.5. The van der Waals surface area contributed by atoms with Crippen LogP contribution in [0.1, 0.15) is 17.0 Å². The molecule has 8 heteroatoms. The number of aryl methyl sites for hydroxylation is 1. The third-order valence-corrected chi connectivity index (χ3v) is 4.27. The zero-order chi connectivity index (χ0) is 14.0. The van der Waals surface area contributed by atoms with Gasteiger partial charge in [0.25, 0.3) is 0 Å². The predicted molar refractivity (Wildman–Crippen MR) is 68.1 cm³/mol. The Balaban J connectivity index is 2.31. The molecule has 2 aromatic rings. The van der Waals surface area contributed by atoms with Gasteiger partial charge in [0, 0.05) is 11.4 Å². The molecule has 2 rings (SSSR count). The lowest BCUT2D eigenvalue weighted by Gasteiger charge is -2.11. The molecule has 1 aromatic heterocycles. The van der Waals surface area contributed by atoms with E-state index < -0.39 is 11.7 Å². The van der Waals surface area contributed by atoms with Crippen molar-refractivity contribution >= 4 is 23.3 Å². The quantitative estimate of drug-likeness (QED) is 0.943. The fraction of sp³-hybridized carbons (Fsp3) is 0.273. The van der Waals surface area contributed by atoms with Crippen LogP contribution in [0.15, 0.2) is 27.4 Å². The first-order chi connectivity index (χ1) is 8.90. The molecule has 2 N–H and O–H groups in total. The molecule has 102 valence electrons. The Morgan fingerprint density at radius 3 is 2.63 bits per heavy atom. The average Bonchev–Trinajstić information content (AvgIpc) is 2.74. The van der Waals surface area contributed by atoms with Crippen LogP contribution in [0.3, 0.4) is 0 Å². The highest BCUT2D eigenvalue weighted by Gasteiger charge is 2.30. The molecule has 0 aliphatic heterocycles. The van der Waals surface area contributed by atoms with Crippen LogP contribution in [-0.2, 0) is 12.7 Å². The molecule has 0 amide bonds. The normalized spacial score (nSPS) is 11.8. The van der Waals surface area contributed by atoms with Gasteiger partial charge in [-0.05, 0) is 42.2 Å². The minimum absolute atomic E-state index is 0.0457. The van der Waals surface area contributed by atoms with Crippen LogP contribution in [-0.4, -0.2) is 9.36 Å². The maximum Gasteiger partial charge on any atom is 0.416 e. The SMILES string of the molecule is Cc1nsc(Sc2ccc(C(F)(F)F)cc2CN)n1. The second-order valence-electron chi connectivity index (χ2n) is 3.73. The smallest absolute Gasteiger partial charge is 0.326 e. The van der Waals surface area contributed by atoms with Gasteiger partial charge >= 0.3 is 6.18 Å². The van der Waals surface area contributed by atoms with Gasteiger partial charge in [-0.2, -0.15) is 17.5 Å². The van der Waals surface area contributed by atoms with Crippen LogP contribution in [0.5, 0.6) is 0 Å². The summed E-state index contributed by atoms with van der Waals surface area (Å²) < 4.78 is 42.5. The Kier molecular flexibility index (Phi) is 4.12. The number of benzene rings is 1. The summed E-state index contributed by atoms with van der Waals surface area (Å²) in [6.07, 6.45) is -4.35. The van der Waals surface area contributed by atoms with Crippen molar-refractivity contribution in [1.82, 2.24) is 9.36 Å². The average molecular weight is 305 g/mol. The number of rotatable bonds is 3. The summed E-state index contributed by atoms with van der Waals surface area (Å²) in [6, 6.07) is 3.55. The van der Waals surface area contributed by atoms with Crippen molar-refractivity contribution in [2.75, 3.05) is 0 Å². The summed E-state index contributed by atoms with van der Waals surface area (Å²) in [5.74, 6) is 0.647. The van der Waals surface area contributed by atoms with Gasteiger partial charge in [0.15, 0.2) is 4.34 Å². The summed E-state index contributed by atoms with van der Waals surface area (Å²) in [7, 11) is 0. The summed E-state index contributed by atoms with van der Waals surface area (Å²) in [6.45, 7) is 1.81. The summed E-state index contributed by atoms with van der Waals surface area (Å²) in [4.78, 5) is 4.83. The third-order valence-electron chi connectivity index (χ3n) is 2.31. The second-order valence-corrected chi connectivity index (χ2v) is 5.77. The van der Waals surface area contributed by atoms with Gasteiger partial charge in [-0.25, -0.2) is 4.98 Å². The van der Waals surface area contributed by atoms with Gasteiger partial charge in [0.1, 0.15) is 5.82 Å². The van der Waals surface area contributed by atoms with Gasteiger partial charge in [-0.1, -0.05) is 11.8 Å². The highest BCUT2D eigenvalue weighted by atomic mass is 32.2. The molecular formula is C11H10F3N3S2. The van der Waals surface area contributed by atoms with Gasteiger partial charge in [0.05, 0.1) is 5.56 Å². The monoisotopic (exact) mass is 305 g/mol. The Morgan fingerprint density at radius 2 is 2.11 bits per heavy atom. The number of hydrogen-bond acceptors (Lipinski definition) is 5. The van der Waals surface area contributed by atoms with Gasteiger partial charge in [-0.3, -0.25) is 0 Å². The molecule has 0 atom stereocenters. The number of halogens is 3. The van der Waals surface area contributed by atoms with Crippen molar-refractivity contribution in [1.29, 1.82) is 0 Å². The molecule has 0 saturated carbocycles. The van der Waals surface area contributed by atoms with E-state index in [4.69, 9.17) is 5.73 Å². The second kappa shape index (κ2) is 5.48. The standard InChI is InChI=1S/C11H10F3N3S2/c1-6-16-10(19-17-6)18-9-3-2-8(11(12,13)14)4-7(9)5-15/h2-4H,5,15H2,1H3. The summed E-state index contributed by atoms with van der Waals surface area (Å²) >= 11 is 2.49. The van der Waals surface area contributed by atoms with Crippen molar-refractivity contribution < 1.29 is 13.2 Å². The van der Waals surface area contributed by atoms with Crippen LogP contribution >= 0.6 is 23.3 Å². The first-order valence-electron chi connectivity index (χ1n) is 5.28. The number of aromatic nitrogens is 2. The van der Waals surface area contributed by atoms with Crippen LogP contribution < -0.4 is 5.73 Å². The minimum Gasteiger partial charge on any atom is -0.326 e. The molecule has 0 radical (unpaired) electrons. The molecule has 0 aliphatic rings. The summed E-state index contributed by atoms with van der Waals surface area (Å²) in [5.41, 5.74) is 5.27. The van der Waals surface area contributed by atoms with Crippen molar-refractivity contribution in [3.63, 3.8) is 0 Å². The van der Waals surface area contributed by atoms with E-state index in [1.165, 1.54) is 29.4 Å². The Morgan fingerprint density at radius 1 is 1.37 bits per heavy atom. The van der Waals surface area contributed by atoms with E-state index in [2.05, 4.69) is 9.36 Å². The predicted octanol–water partition coefficient (Wildman–Crippen LogP) is 3.48. The summed E-state index contributed by atoms with van der Waals surface area (Å²) in [5, 5.41) is 0. The maximum atomic E-state index is 12.6. The lowest BCUT2D eigenvalue weighted by molar-refractivity contribution is -0.137. The van der Waals surface area contributed by atoms with Crippen molar-refractivity contribution in [3.8, 4) is 0 Å². The highest BCUT2D eigenvalue weighted by molar-refractivity contribution is 8.01. The molecular weight excluding hydrogens is 295 g/mol. The molecule has 0 fully saturated rings. The molecule has 1 heterocycles. The number of alkyl halides is 3. The van der Waals surface area contributed by atoms with Gasteiger partial charge < -0.3 is 5.73 Å². The highest BCUT2D eigenvalue weighted by Crippen LogP contribution is 2.36. The van der Waals surface area contributed by atoms with E-state index >= 15 is 0 Å². The number of nitrogens with zero attached hydrogens (tertiary/aromatic N) is 2. The van der Waals surface area contributed by atoms with Crippen molar-refractivity contribution in [3.05, 3.63) is 35.2 Å². The van der Waals surface area contributed by atoms with Crippen molar-refractivity contribution in [2.45, 2.75) is 28.9 Å². The molecule has 0 unspecified atom stereocenters. The zero-order valence-electron chi connectivity index (χ0n) is 9.86. The number of hydrogen-bond donors (Lipinski definition) is 1. The van der Waals surface area contributed by atoms with E-state index in [0.29, 0.717) is 20.6 Å². The first-order valence-corrected chi connectivity index (χ1v) is 6.87. The fourth-order valence-electron chi connectivity index (χ4n) is 1.43. The molecule has 0 spiro atoms. The molecule has 0 aliphatic carbocycles. The van der Waals surface area contributed by atoms with Crippen molar-refractivity contribution in [2.24, 2.45) is 5.73 Å². The van der Waals surface area contributed by atoms with Gasteiger partial charge in [0.2, 0.25) is 0 Å². The van der Waals surface area contributed by atoms with Crippen LogP contribution in [0.2, 0.25) is 0 Å². The van der Waals surface area contributed by atoms with E-state index in [9.17, 15) is 13.2 Å². The van der Waals surface area contributed by atoms with E-state index in [1.807, 2.05) is 0 Å². The molecule has 0 bridgehead atoms. The molecule has 0 saturated heterocycles. The molecule has 3 nitrogen and oxygen atoms in total. The Hall–Kier alpha value is -1.12. The topological polar surface area (TPSA) is 51.8 Å².